The molecule has 0 aliphatic rings. The number of hydrogen-bond donors (Lipinski definition) is 1. The molecule has 2 aromatic heterocycles. The molecule has 24 heavy (non-hydrogen) atoms. The van der Waals surface area contributed by atoms with Gasteiger partial charge in [0.25, 0.3) is 5.69 Å². The maximum atomic E-state index is 11.2. The number of aromatic nitrogens is 2. The van der Waals surface area contributed by atoms with Crippen LogP contribution in [0.4, 0.5) is 11.4 Å². The summed E-state index contributed by atoms with van der Waals surface area (Å²) < 4.78 is 5.58. The summed E-state index contributed by atoms with van der Waals surface area (Å²) in [4.78, 5) is 19.1. The SMILES string of the molecule is Cc1cc(NCCOc2cccnc2)c2cccc([N+](=O)[O-])c2n1. The van der Waals surface area contributed by atoms with Crippen molar-refractivity contribution in [1.29, 1.82) is 0 Å². The van der Waals surface area contributed by atoms with Crippen LogP contribution in [0, 0.1) is 17.0 Å². The van der Waals surface area contributed by atoms with E-state index in [-0.39, 0.29) is 5.69 Å². The van der Waals surface area contributed by atoms with Gasteiger partial charge in [-0.15, -0.1) is 0 Å². The Morgan fingerprint density at radius 1 is 1.29 bits per heavy atom. The minimum atomic E-state index is -0.413. The third kappa shape index (κ3) is 3.40. The standard InChI is InChI=1S/C17H16N4O3/c1-12-10-15(19-8-9-24-13-4-3-7-18-11-13)14-5-2-6-16(21(22)23)17(14)20-12/h2-7,10-11H,8-9H2,1H3,(H,19,20). The summed E-state index contributed by atoms with van der Waals surface area (Å²) in [6.07, 6.45) is 3.33. The molecule has 1 aromatic carbocycles. The van der Waals surface area contributed by atoms with Crippen LogP contribution in [-0.2, 0) is 0 Å². The monoisotopic (exact) mass is 324 g/mol. The molecule has 0 fully saturated rings. The first-order valence-electron chi connectivity index (χ1n) is 7.46. The second-order valence-corrected chi connectivity index (χ2v) is 5.21. The van der Waals surface area contributed by atoms with Crippen molar-refractivity contribution in [3.05, 3.63) is 64.6 Å². The Bertz CT molecular complexity index is 868. The highest BCUT2D eigenvalue weighted by Crippen LogP contribution is 2.29. The predicted octanol–water partition coefficient (Wildman–Crippen LogP) is 3.34. The summed E-state index contributed by atoms with van der Waals surface area (Å²) in [7, 11) is 0. The van der Waals surface area contributed by atoms with Crippen molar-refractivity contribution < 1.29 is 9.66 Å². The van der Waals surface area contributed by atoms with Crippen molar-refractivity contribution in [2.75, 3.05) is 18.5 Å². The summed E-state index contributed by atoms with van der Waals surface area (Å²) in [6.45, 7) is 2.81. The number of nitro groups is 1. The lowest BCUT2D eigenvalue weighted by molar-refractivity contribution is -0.383. The first-order valence-corrected chi connectivity index (χ1v) is 7.46. The molecule has 0 unspecified atom stereocenters. The van der Waals surface area contributed by atoms with E-state index in [0.29, 0.717) is 30.1 Å². The van der Waals surface area contributed by atoms with Gasteiger partial charge >= 0.3 is 0 Å². The number of para-hydroxylation sites is 1. The van der Waals surface area contributed by atoms with Crippen molar-refractivity contribution >= 4 is 22.3 Å². The quantitative estimate of drug-likeness (QED) is 0.425. The van der Waals surface area contributed by atoms with Crippen LogP contribution in [-0.4, -0.2) is 28.0 Å². The fraction of sp³-hybridized carbons (Fsp3) is 0.176. The van der Waals surface area contributed by atoms with Crippen LogP contribution in [0.15, 0.2) is 48.8 Å². The number of nitrogens with zero attached hydrogens (tertiary/aromatic N) is 3. The van der Waals surface area contributed by atoms with Gasteiger partial charge in [0.05, 0.1) is 11.1 Å². The maximum absolute atomic E-state index is 11.2. The highest BCUT2D eigenvalue weighted by Gasteiger charge is 2.15. The van der Waals surface area contributed by atoms with Crippen LogP contribution in [0.25, 0.3) is 10.9 Å². The van der Waals surface area contributed by atoms with Crippen molar-refractivity contribution in [2.24, 2.45) is 0 Å². The van der Waals surface area contributed by atoms with E-state index in [9.17, 15) is 10.1 Å². The van der Waals surface area contributed by atoms with Crippen LogP contribution in [0.2, 0.25) is 0 Å². The Morgan fingerprint density at radius 2 is 2.17 bits per heavy atom. The second kappa shape index (κ2) is 6.91. The molecule has 3 rings (SSSR count). The smallest absolute Gasteiger partial charge is 0.295 e. The Morgan fingerprint density at radius 3 is 2.92 bits per heavy atom. The number of benzene rings is 1. The third-order valence-electron chi connectivity index (χ3n) is 3.46. The molecular weight excluding hydrogens is 308 g/mol. The van der Waals surface area contributed by atoms with E-state index >= 15 is 0 Å². The number of anilines is 1. The van der Waals surface area contributed by atoms with E-state index in [4.69, 9.17) is 4.74 Å². The van der Waals surface area contributed by atoms with E-state index in [1.165, 1.54) is 6.07 Å². The van der Waals surface area contributed by atoms with E-state index in [1.54, 1.807) is 18.5 Å². The molecule has 0 radical (unpaired) electrons. The molecule has 0 aliphatic heterocycles. The summed E-state index contributed by atoms with van der Waals surface area (Å²) in [6, 6.07) is 10.5. The van der Waals surface area contributed by atoms with Gasteiger partial charge < -0.3 is 10.1 Å². The molecule has 7 nitrogen and oxygen atoms in total. The Balaban J connectivity index is 1.77. The number of nitrogens with one attached hydrogen (secondary N) is 1. The van der Waals surface area contributed by atoms with Crippen LogP contribution in [0.1, 0.15) is 5.69 Å². The van der Waals surface area contributed by atoms with Gasteiger partial charge in [-0.2, -0.15) is 0 Å². The van der Waals surface area contributed by atoms with Gasteiger partial charge in [0.2, 0.25) is 0 Å². The average molecular weight is 324 g/mol. The molecule has 0 aliphatic carbocycles. The van der Waals surface area contributed by atoms with Gasteiger partial charge in [0, 0.05) is 35.6 Å². The van der Waals surface area contributed by atoms with Crippen molar-refractivity contribution in [3.63, 3.8) is 0 Å². The fourth-order valence-electron chi connectivity index (χ4n) is 2.44. The van der Waals surface area contributed by atoms with Gasteiger partial charge in [-0.1, -0.05) is 12.1 Å². The van der Waals surface area contributed by atoms with Gasteiger partial charge in [0.1, 0.15) is 12.4 Å². The molecule has 0 bridgehead atoms. The molecule has 7 heteroatoms. The number of hydrogen-bond acceptors (Lipinski definition) is 6. The summed E-state index contributed by atoms with van der Waals surface area (Å²) in [5.74, 6) is 0.700. The highest BCUT2D eigenvalue weighted by molar-refractivity contribution is 5.96. The Hall–Kier alpha value is -3.22. The number of ether oxygens (including phenoxy) is 1. The minimum absolute atomic E-state index is 0.00543. The predicted molar refractivity (Wildman–Crippen MR) is 91.4 cm³/mol. The lowest BCUT2D eigenvalue weighted by Gasteiger charge is -2.11. The maximum Gasteiger partial charge on any atom is 0.295 e. The van der Waals surface area contributed by atoms with Crippen LogP contribution in [0.5, 0.6) is 5.75 Å². The molecule has 3 aromatic rings. The first kappa shape index (κ1) is 15.7. The molecule has 0 spiro atoms. The second-order valence-electron chi connectivity index (χ2n) is 5.21. The van der Waals surface area contributed by atoms with Gasteiger partial charge in [-0.05, 0) is 25.1 Å². The first-order chi connectivity index (χ1) is 11.6. The van der Waals surface area contributed by atoms with Gasteiger partial charge in [-0.3, -0.25) is 15.1 Å². The lowest BCUT2D eigenvalue weighted by atomic mass is 10.1. The van der Waals surface area contributed by atoms with E-state index in [1.807, 2.05) is 31.2 Å². The zero-order valence-electron chi connectivity index (χ0n) is 13.1. The topological polar surface area (TPSA) is 90.2 Å². The number of non-ortho nitro benzene ring substituents is 1. The van der Waals surface area contributed by atoms with Crippen molar-refractivity contribution in [3.8, 4) is 5.75 Å². The summed E-state index contributed by atoms with van der Waals surface area (Å²) in [5, 5.41) is 15.1. The van der Waals surface area contributed by atoms with Gasteiger partial charge in [-0.25, -0.2) is 4.98 Å². The molecule has 0 amide bonds. The van der Waals surface area contributed by atoms with Crippen LogP contribution in [0.3, 0.4) is 0 Å². The lowest BCUT2D eigenvalue weighted by Crippen LogP contribution is -2.12. The number of nitro benzene ring substituents is 1. The van der Waals surface area contributed by atoms with Crippen molar-refractivity contribution in [2.45, 2.75) is 6.92 Å². The van der Waals surface area contributed by atoms with Crippen LogP contribution < -0.4 is 10.1 Å². The number of rotatable bonds is 6. The third-order valence-corrected chi connectivity index (χ3v) is 3.46. The van der Waals surface area contributed by atoms with Crippen molar-refractivity contribution in [1.82, 2.24) is 9.97 Å². The average Bonchev–Trinajstić information content (AvgIpc) is 2.58. The van der Waals surface area contributed by atoms with Crippen LogP contribution >= 0.6 is 0 Å². The number of aryl methyl sites for hydroxylation is 1. The Kier molecular flexibility index (Phi) is 4.51. The van der Waals surface area contributed by atoms with Gasteiger partial charge in [0.15, 0.2) is 5.52 Å². The minimum Gasteiger partial charge on any atom is -0.490 e. The fourth-order valence-corrected chi connectivity index (χ4v) is 2.44. The summed E-state index contributed by atoms with van der Waals surface area (Å²) in [5.41, 5.74) is 1.91. The van der Waals surface area contributed by atoms with E-state index in [0.717, 1.165) is 11.1 Å². The summed E-state index contributed by atoms with van der Waals surface area (Å²) >= 11 is 0. The zero-order chi connectivity index (χ0) is 16.9. The molecule has 0 saturated carbocycles. The molecule has 2 heterocycles. The molecular formula is C17H16N4O3. The highest BCUT2D eigenvalue weighted by atomic mass is 16.6. The van der Waals surface area contributed by atoms with E-state index < -0.39 is 4.92 Å². The van der Waals surface area contributed by atoms with E-state index in [2.05, 4.69) is 15.3 Å². The largest absolute Gasteiger partial charge is 0.490 e. The molecule has 1 N–H and O–H groups in total. The molecule has 122 valence electrons. The number of pyridine rings is 2. The normalized spacial score (nSPS) is 10.5. The number of fused-ring (bicyclic) bond motifs is 1. The molecule has 0 atom stereocenters. The molecule has 0 saturated heterocycles. The zero-order valence-corrected chi connectivity index (χ0v) is 13.1. The Labute approximate surface area is 138 Å².